The van der Waals surface area contributed by atoms with Gasteiger partial charge in [-0.3, -0.25) is 9.80 Å². The van der Waals surface area contributed by atoms with Crippen LogP contribution >= 0.6 is 15.9 Å². The van der Waals surface area contributed by atoms with E-state index in [4.69, 9.17) is 0 Å². The molecule has 1 aromatic carbocycles. The zero-order chi connectivity index (χ0) is 19.3. The number of amides is 1. The summed E-state index contributed by atoms with van der Waals surface area (Å²) in [7, 11) is -1.57. The van der Waals surface area contributed by atoms with Crippen molar-refractivity contribution in [2.24, 2.45) is 0 Å². The Balaban J connectivity index is 1.71. The molecule has 0 bridgehead atoms. The number of hydrogen-bond acceptors (Lipinski definition) is 5. The Morgan fingerprint density at radius 3 is 2.74 bits per heavy atom. The number of pyridine rings is 1. The van der Waals surface area contributed by atoms with Gasteiger partial charge in [-0.15, -0.1) is 0 Å². The van der Waals surface area contributed by atoms with E-state index in [1.165, 1.54) is 6.26 Å². The van der Waals surface area contributed by atoms with Crippen molar-refractivity contribution in [2.45, 2.75) is 11.3 Å². The van der Waals surface area contributed by atoms with E-state index in [0.29, 0.717) is 29.2 Å². The fourth-order valence-electron chi connectivity index (χ4n) is 3.39. The van der Waals surface area contributed by atoms with Gasteiger partial charge in [-0.1, -0.05) is 6.07 Å². The second kappa shape index (κ2) is 6.35. The number of anilines is 1. The Morgan fingerprint density at radius 1 is 1.22 bits per heavy atom. The molecule has 3 aromatic rings. The Labute approximate surface area is 165 Å². The van der Waals surface area contributed by atoms with Crippen molar-refractivity contribution in [1.82, 2.24) is 14.6 Å². The van der Waals surface area contributed by atoms with Crippen molar-refractivity contribution in [3.63, 3.8) is 0 Å². The molecule has 0 aliphatic carbocycles. The number of fused-ring (bicyclic) bond motifs is 2. The monoisotopic (exact) mass is 448 g/mol. The van der Waals surface area contributed by atoms with Gasteiger partial charge in [0.15, 0.2) is 15.5 Å². The molecule has 9 heteroatoms. The predicted octanol–water partition coefficient (Wildman–Crippen LogP) is 2.55. The summed E-state index contributed by atoms with van der Waals surface area (Å²) in [4.78, 5) is 13.4. The highest BCUT2D eigenvalue weighted by Gasteiger charge is 2.30. The topological polar surface area (TPSA) is 75.0 Å². The first-order valence-electron chi connectivity index (χ1n) is 8.28. The maximum atomic E-state index is 13.0. The first-order valence-corrected chi connectivity index (χ1v) is 11.0. The second-order valence-electron chi connectivity index (χ2n) is 6.47. The Kier molecular flexibility index (Phi) is 4.23. The standard InChI is InChI=1S/C18H17BrN4O3S/c1-21-16-4-3-5-17(27(2,25)26)14(16)8-9-23(21)18(24)15-10-13-7-6-12(19)11-22(13)20-15/h3-7,10-11H,8-9H2,1-2H3. The van der Waals surface area contributed by atoms with Crippen LogP contribution in [0.15, 0.2) is 52.0 Å². The number of halogens is 1. The molecule has 140 valence electrons. The molecule has 0 radical (unpaired) electrons. The minimum Gasteiger partial charge on any atom is -0.285 e. The third kappa shape index (κ3) is 3.10. The van der Waals surface area contributed by atoms with E-state index in [1.54, 1.807) is 46.0 Å². The molecule has 1 aliphatic heterocycles. The molecule has 0 N–H and O–H groups in total. The fourth-order valence-corrected chi connectivity index (χ4v) is 4.70. The van der Waals surface area contributed by atoms with Crippen LogP contribution in [0.5, 0.6) is 0 Å². The van der Waals surface area contributed by atoms with Crippen molar-refractivity contribution >= 4 is 42.9 Å². The van der Waals surface area contributed by atoms with E-state index in [9.17, 15) is 13.2 Å². The molecule has 3 heterocycles. The zero-order valence-corrected chi connectivity index (χ0v) is 17.2. The van der Waals surface area contributed by atoms with Gasteiger partial charge in [0.1, 0.15) is 0 Å². The van der Waals surface area contributed by atoms with Crippen molar-refractivity contribution < 1.29 is 13.2 Å². The largest absolute Gasteiger partial charge is 0.292 e. The summed E-state index contributed by atoms with van der Waals surface area (Å²) in [5, 5.41) is 7.66. The second-order valence-corrected chi connectivity index (χ2v) is 9.37. The van der Waals surface area contributed by atoms with Gasteiger partial charge in [0, 0.05) is 30.5 Å². The van der Waals surface area contributed by atoms with Crippen LogP contribution in [0.2, 0.25) is 0 Å². The van der Waals surface area contributed by atoms with Gasteiger partial charge in [0.05, 0.1) is 16.1 Å². The van der Waals surface area contributed by atoms with Gasteiger partial charge in [0.2, 0.25) is 0 Å². The lowest BCUT2D eigenvalue weighted by atomic mass is 10.1. The fraction of sp³-hybridized carbons (Fsp3) is 0.222. The smallest absolute Gasteiger partial charge is 0.285 e. The first kappa shape index (κ1) is 18.0. The molecular weight excluding hydrogens is 432 g/mol. The molecule has 0 fully saturated rings. The van der Waals surface area contributed by atoms with Gasteiger partial charge >= 0.3 is 0 Å². The van der Waals surface area contributed by atoms with Crippen LogP contribution in [-0.2, 0) is 16.3 Å². The predicted molar refractivity (Wildman–Crippen MR) is 106 cm³/mol. The molecule has 0 saturated heterocycles. The first-order chi connectivity index (χ1) is 12.8. The summed E-state index contributed by atoms with van der Waals surface area (Å²) in [5.41, 5.74) is 2.61. The highest BCUT2D eigenvalue weighted by atomic mass is 79.9. The van der Waals surface area contributed by atoms with Gasteiger partial charge in [-0.25, -0.2) is 17.9 Å². The van der Waals surface area contributed by atoms with Crippen LogP contribution in [0, 0.1) is 0 Å². The number of sulfone groups is 1. The maximum absolute atomic E-state index is 13.0. The highest BCUT2D eigenvalue weighted by Crippen LogP contribution is 2.32. The molecule has 1 aliphatic rings. The summed E-state index contributed by atoms with van der Waals surface area (Å²) in [6.07, 6.45) is 3.46. The summed E-state index contributed by atoms with van der Waals surface area (Å²) < 4.78 is 26.6. The average molecular weight is 449 g/mol. The third-order valence-corrected chi connectivity index (χ3v) is 6.32. The molecule has 2 aromatic heterocycles. The molecule has 27 heavy (non-hydrogen) atoms. The van der Waals surface area contributed by atoms with E-state index in [-0.39, 0.29) is 5.91 Å². The van der Waals surface area contributed by atoms with E-state index in [0.717, 1.165) is 15.6 Å². The maximum Gasteiger partial charge on any atom is 0.292 e. The summed E-state index contributed by atoms with van der Waals surface area (Å²) in [6.45, 7) is 0.381. The molecule has 0 saturated carbocycles. The number of nitrogens with zero attached hydrogens (tertiary/aromatic N) is 4. The molecule has 7 nitrogen and oxygen atoms in total. The number of hydrogen-bond donors (Lipinski definition) is 0. The lowest BCUT2D eigenvalue weighted by Gasteiger charge is -2.38. The molecule has 1 amide bonds. The molecule has 0 atom stereocenters. The van der Waals surface area contributed by atoms with Gasteiger partial charge < -0.3 is 0 Å². The number of carbonyl (C=O) groups excluding carboxylic acids is 1. The Morgan fingerprint density at radius 2 is 2.00 bits per heavy atom. The minimum atomic E-state index is -3.33. The van der Waals surface area contributed by atoms with Gasteiger partial charge in [0.25, 0.3) is 5.91 Å². The highest BCUT2D eigenvalue weighted by molar-refractivity contribution is 9.10. The molecule has 0 spiro atoms. The van der Waals surface area contributed by atoms with Crippen LogP contribution in [0.25, 0.3) is 5.52 Å². The van der Waals surface area contributed by atoms with Crippen LogP contribution in [0.4, 0.5) is 5.69 Å². The van der Waals surface area contributed by atoms with Crippen LogP contribution in [0.1, 0.15) is 16.1 Å². The van der Waals surface area contributed by atoms with Crippen LogP contribution in [0.3, 0.4) is 0 Å². The minimum absolute atomic E-state index is 0.229. The van der Waals surface area contributed by atoms with Crippen molar-refractivity contribution in [1.29, 1.82) is 0 Å². The van der Waals surface area contributed by atoms with E-state index >= 15 is 0 Å². The van der Waals surface area contributed by atoms with E-state index in [1.807, 2.05) is 18.2 Å². The van der Waals surface area contributed by atoms with Crippen molar-refractivity contribution in [3.8, 4) is 0 Å². The number of rotatable bonds is 2. The van der Waals surface area contributed by atoms with Crippen LogP contribution in [-0.4, -0.2) is 48.8 Å². The van der Waals surface area contributed by atoms with E-state index < -0.39 is 9.84 Å². The van der Waals surface area contributed by atoms with Crippen molar-refractivity contribution in [2.75, 3.05) is 24.9 Å². The molecule has 4 rings (SSSR count). The number of benzene rings is 1. The Hall–Kier alpha value is -2.39. The molecular formula is C18H17BrN4O3S. The lowest BCUT2D eigenvalue weighted by molar-refractivity contribution is 0.0731. The third-order valence-electron chi connectivity index (χ3n) is 4.67. The SMILES string of the molecule is CN1c2cccc(S(C)(=O)=O)c2CCN1C(=O)c1cc2ccc(Br)cn2n1. The summed E-state index contributed by atoms with van der Waals surface area (Å²) in [6, 6.07) is 10.6. The zero-order valence-electron chi connectivity index (χ0n) is 14.8. The molecule has 0 unspecified atom stereocenters. The number of carbonyl (C=O) groups is 1. The van der Waals surface area contributed by atoms with Gasteiger partial charge in [-0.2, -0.15) is 5.10 Å². The van der Waals surface area contributed by atoms with Gasteiger partial charge in [-0.05, 0) is 58.2 Å². The van der Waals surface area contributed by atoms with Crippen LogP contribution < -0.4 is 5.01 Å². The number of hydrazine groups is 1. The Bertz CT molecular complexity index is 1170. The summed E-state index contributed by atoms with van der Waals surface area (Å²) in [5.74, 6) is -0.229. The number of aromatic nitrogens is 2. The normalized spacial score (nSPS) is 14.5. The van der Waals surface area contributed by atoms with Crippen molar-refractivity contribution in [3.05, 3.63) is 58.3 Å². The average Bonchev–Trinajstić information content (AvgIpc) is 3.03. The summed E-state index contributed by atoms with van der Waals surface area (Å²) >= 11 is 3.39. The quantitative estimate of drug-likeness (QED) is 0.601. The lowest BCUT2D eigenvalue weighted by Crippen LogP contribution is -2.49. The van der Waals surface area contributed by atoms with E-state index in [2.05, 4.69) is 21.0 Å².